The van der Waals surface area contributed by atoms with Crippen molar-refractivity contribution in [3.63, 3.8) is 0 Å². The maximum absolute atomic E-state index is 14.1. The average molecular weight is 367 g/mol. The van der Waals surface area contributed by atoms with Gasteiger partial charge in [0.05, 0.1) is 17.7 Å². The fourth-order valence-corrected chi connectivity index (χ4v) is 2.35. The summed E-state index contributed by atoms with van der Waals surface area (Å²) in [5, 5.41) is 10.5. The summed E-state index contributed by atoms with van der Waals surface area (Å²) in [4.78, 5) is 12.0. The average Bonchev–Trinajstić information content (AvgIpc) is 3.18. The smallest absolute Gasteiger partial charge is 0.291 e. The van der Waals surface area contributed by atoms with Gasteiger partial charge in [0.25, 0.3) is 5.91 Å². The molecule has 0 unspecified atom stereocenters. The Kier molecular flexibility index (Phi) is 5.12. The molecular weight excluding hydrogens is 352 g/mol. The van der Waals surface area contributed by atoms with Gasteiger partial charge in [-0.2, -0.15) is 0 Å². The monoisotopic (exact) mass is 367 g/mol. The third-order valence-electron chi connectivity index (χ3n) is 3.74. The minimum absolute atomic E-state index is 0.00493. The molecule has 0 saturated carbocycles. The SMILES string of the molecule is N=C(/C=C/c1ccc(F)cc1)c1cc(NC(=O)c2ccco2)c(F)cc1N. The molecule has 0 fully saturated rings. The van der Waals surface area contributed by atoms with Gasteiger partial charge in [0.2, 0.25) is 0 Å². The highest BCUT2D eigenvalue weighted by atomic mass is 19.1. The molecule has 1 amide bonds. The highest BCUT2D eigenvalue weighted by Gasteiger charge is 2.15. The predicted octanol–water partition coefficient (Wildman–Crippen LogP) is 4.47. The first kappa shape index (κ1) is 18.1. The van der Waals surface area contributed by atoms with Gasteiger partial charge in [-0.3, -0.25) is 4.79 Å². The van der Waals surface area contributed by atoms with Gasteiger partial charge in [-0.1, -0.05) is 18.2 Å². The first-order valence-electron chi connectivity index (χ1n) is 7.90. The number of nitrogen functional groups attached to an aromatic ring is 1. The molecular formula is C20H15F2N3O2. The number of hydrogen-bond donors (Lipinski definition) is 3. The molecule has 0 aliphatic carbocycles. The van der Waals surface area contributed by atoms with Crippen molar-refractivity contribution in [1.29, 1.82) is 5.41 Å². The van der Waals surface area contributed by atoms with E-state index < -0.39 is 11.7 Å². The first-order valence-corrected chi connectivity index (χ1v) is 7.90. The number of hydrogen-bond acceptors (Lipinski definition) is 4. The molecule has 7 heteroatoms. The van der Waals surface area contributed by atoms with Crippen LogP contribution in [0.25, 0.3) is 6.08 Å². The number of benzene rings is 2. The number of halogens is 2. The van der Waals surface area contributed by atoms with Crippen LogP contribution >= 0.6 is 0 Å². The lowest BCUT2D eigenvalue weighted by atomic mass is 10.0. The molecule has 2 aromatic carbocycles. The molecule has 5 nitrogen and oxygen atoms in total. The summed E-state index contributed by atoms with van der Waals surface area (Å²) < 4.78 is 32.0. The van der Waals surface area contributed by atoms with Gasteiger partial charge < -0.3 is 20.9 Å². The van der Waals surface area contributed by atoms with Crippen molar-refractivity contribution >= 4 is 29.1 Å². The number of furan rings is 1. The van der Waals surface area contributed by atoms with E-state index in [1.54, 1.807) is 18.2 Å². The number of amides is 1. The van der Waals surface area contributed by atoms with Gasteiger partial charge in [0.1, 0.15) is 11.6 Å². The summed E-state index contributed by atoms with van der Waals surface area (Å²) in [5.74, 6) is -1.68. The normalized spacial score (nSPS) is 10.9. The van der Waals surface area contributed by atoms with Crippen molar-refractivity contribution in [3.8, 4) is 0 Å². The van der Waals surface area contributed by atoms with Gasteiger partial charge in [-0.25, -0.2) is 8.78 Å². The first-order chi connectivity index (χ1) is 12.9. The van der Waals surface area contributed by atoms with E-state index in [4.69, 9.17) is 15.6 Å². The van der Waals surface area contributed by atoms with Gasteiger partial charge in [-0.05, 0) is 48.0 Å². The Bertz CT molecular complexity index is 1010. The second-order valence-corrected chi connectivity index (χ2v) is 5.65. The lowest BCUT2D eigenvalue weighted by Crippen LogP contribution is -2.13. The Labute approximate surface area is 153 Å². The number of carbonyl (C=O) groups is 1. The van der Waals surface area contributed by atoms with Gasteiger partial charge >= 0.3 is 0 Å². The van der Waals surface area contributed by atoms with Crippen molar-refractivity contribution in [1.82, 2.24) is 0 Å². The highest BCUT2D eigenvalue weighted by molar-refractivity contribution is 6.13. The van der Waals surface area contributed by atoms with Crippen LogP contribution in [-0.4, -0.2) is 11.6 Å². The number of nitrogens with one attached hydrogen (secondary N) is 2. The molecule has 0 spiro atoms. The molecule has 3 aromatic rings. The van der Waals surface area contributed by atoms with E-state index in [1.165, 1.54) is 42.7 Å². The lowest BCUT2D eigenvalue weighted by Gasteiger charge is -2.10. The van der Waals surface area contributed by atoms with E-state index in [-0.39, 0.29) is 34.2 Å². The Morgan fingerprint density at radius 1 is 1.15 bits per heavy atom. The minimum Gasteiger partial charge on any atom is -0.459 e. The molecule has 4 N–H and O–H groups in total. The molecule has 0 aliphatic heterocycles. The molecule has 0 bridgehead atoms. The maximum Gasteiger partial charge on any atom is 0.291 e. The fourth-order valence-electron chi connectivity index (χ4n) is 2.35. The van der Waals surface area contributed by atoms with Crippen LogP contribution in [0.15, 0.2) is 65.3 Å². The Morgan fingerprint density at radius 2 is 1.89 bits per heavy atom. The number of rotatable bonds is 5. The maximum atomic E-state index is 14.1. The van der Waals surface area contributed by atoms with E-state index in [2.05, 4.69) is 5.32 Å². The quantitative estimate of drug-likeness (QED) is 0.459. The van der Waals surface area contributed by atoms with Crippen molar-refractivity contribution in [3.05, 3.63) is 89.4 Å². The second-order valence-electron chi connectivity index (χ2n) is 5.65. The van der Waals surface area contributed by atoms with Gasteiger partial charge in [0, 0.05) is 11.3 Å². The van der Waals surface area contributed by atoms with Crippen LogP contribution in [0.2, 0.25) is 0 Å². The molecule has 0 atom stereocenters. The summed E-state index contributed by atoms with van der Waals surface area (Å²) in [6.07, 6.45) is 4.39. The predicted molar refractivity (Wildman–Crippen MR) is 99.7 cm³/mol. The summed E-state index contributed by atoms with van der Waals surface area (Å²) in [6, 6.07) is 11.0. The minimum atomic E-state index is -0.730. The summed E-state index contributed by atoms with van der Waals surface area (Å²) in [5.41, 5.74) is 6.67. The number of allylic oxidation sites excluding steroid dienone is 1. The van der Waals surface area contributed by atoms with Crippen LogP contribution in [0.3, 0.4) is 0 Å². The lowest BCUT2D eigenvalue weighted by molar-refractivity contribution is 0.0996. The molecule has 0 saturated heterocycles. The zero-order chi connectivity index (χ0) is 19.4. The third-order valence-corrected chi connectivity index (χ3v) is 3.74. The summed E-state index contributed by atoms with van der Waals surface area (Å²) >= 11 is 0. The van der Waals surface area contributed by atoms with Gasteiger partial charge in [0.15, 0.2) is 5.76 Å². The van der Waals surface area contributed by atoms with E-state index in [0.29, 0.717) is 5.56 Å². The van der Waals surface area contributed by atoms with Crippen LogP contribution < -0.4 is 11.1 Å². The number of nitrogens with two attached hydrogens (primary N) is 1. The number of carbonyl (C=O) groups excluding carboxylic acids is 1. The summed E-state index contributed by atoms with van der Waals surface area (Å²) in [7, 11) is 0. The summed E-state index contributed by atoms with van der Waals surface area (Å²) in [6.45, 7) is 0. The second kappa shape index (κ2) is 7.65. The molecule has 3 rings (SSSR count). The van der Waals surface area contributed by atoms with Crippen LogP contribution in [0.5, 0.6) is 0 Å². The topological polar surface area (TPSA) is 92.1 Å². The molecule has 136 valence electrons. The van der Waals surface area contributed by atoms with Crippen LogP contribution in [-0.2, 0) is 0 Å². The van der Waals surface area contributed by atoms with E-state index >= 15 is 0 Å². The molecule has 1 heterocycles. The van der Waals surface area contributed by atoms with E-state index in [9.17, 15) is 13.6 Å². The standard InChI is InChI=1S/C20H15F2N3O2/c21-13-6-3-12(4-7-13)5-8-16(23)14-10-18(15(22)11-17(14)24)25-20(26)19-2-1-9-27-19/h1-11,23H,24H2,(H,25,26)/b8-5+,23-16?. The van der Waals surface area contributed by atoms with Crippen molar-refractivity contribution in [2.75, 3.05) is 11.1 Å². The van der Waals surface area contributed by atoms with Crippen LogP contribution in [0.1, 0.15) is 21.7 Å². The Hall–Kier alpha value is -3.74. The van der Waals surface area contributed by atoms with Crippen LogP contribution in [0, 0.1) is 17.0 Å². The molecule has 1 aromatic heterocycles. The van der Waals surface area contributed by atoms with Crippen molar-refractivity contribution in [2.45, 2.75) is 0 Å². The molecule has 0 radical (unpaired) electrons. The van der Waals surface area contributed by atoms with Crippen LogP contribution in [0.4, 0.5) is 20.2 Å². The van der Waals surface area contributed by atoms with E-state index in [1.807, 2.05) is 0 Å². The molecule has 0 aliphatic rings. The zero-order valence-electron chi connectivity index (χ0n) is 14.0. The Balaban J connectivity index is 1.83. The zero-order valence-corrected chi connectivity index (χ0v) is 14.0. The van der Waals surface area contributed by atoms with Crippen molar-refractivity contribution in [2.24, 2.45) is 0 Å². The third kappa shape index (κ3) is 4.27. The largest absolute Gasteiger partial charge is 0.459 e. The van der Waals surface area contributed by atoms with Gasteiger partial charge in [-0.15, -0.1) is 0 Å². The highest BCUT2D eigenvalue weighted by Crippen LogP contribution is 2.24. The molecule has 27 heavy (non-hydrogen) atoms. The Morgan fingerprint density at radius 3 is 2.56 bits per heavy atom. The van der Waals surface area contributed by atoms with Crippen molar-refractivity contribution < 1.29 is 18.0 Å². The van der Waals surface area contributed by atoms with E-state index in [0.717, 1.165) is 6.07 Å². The number of anilines is 2. The fraction of sp³-hybridized carbons (Fsp3) is 0.